The normalized spacial score (nSPS) is 14.8. The maximum Gasteiger partial charge on any atom is 0.411 e. The number of H-pyrrole nitrogens is 1. The van der Waals surface area contributed by atoms with E-state index in [9.17, 15) is 24.6 Å². The maximum absolute atomic E-state index is 12.9. The van der Waals surface area contributed by atoms with Gasteiger partial charge in [-0.15, -0.1) is 0 Å². The highest BCUT2D eigenvalue weighted by molar-refractivity contribution is 5.92. The molecular formula is C42H48N5O6+. The molecule has 11 heteroatoms. The van der Waals surface area contributed by atoms with Crippen LogP contribution in [0.2, 0.25) is 0 Å². The van der Waals surface area contributed by atoms with Crippen molar-refractivity contribution in [2.75, 3.05) is 44.4 Å². The Morgan fingerprint density at radius 2 is 1.64 bits per heavy atom. The van der Waals surface area contributed by atoms with Gasteiger partial charge in [-0.1, -0.05) is 54.6 Å². The molecule has 1 atom stereocenters. The van der Waals surface area contributed by atoms with E-state index in [1.54, 1.807) is 12.1 Å². The average molecular weight is 719 g/mol. The number of likely N-dealkylation sites (tertiary alicyclic amines) is 1. The number of nitrogens with one attached hydrogen (secondary N) is 4. The van der Waals surface area contributed by atoms with E-state index in [0.29, 0.717) is 53.6 Å². The highest BCUT2D eigenvalue weighted by Crippen LogP contribution is 2.31. The largest absolute Gasteiger partial charge is 0.506 e. The van der Waals surface area contributed by atoms with Crippen LogP contribution in [0.5, 0.6) is 5.75 Å². The van der Waals surface area contributed by atoms with Gasteiger partial charge < -0.3 is 35.1 Å². The molecule has 0 saturated carbocycles. The van der Waals surface area contributed by atoms with Gasteiger partial charge in [-0.05, 0) is 71.5 Å². The van der Waals surface area contributed by atoms with E-state index in [1.165, 1.54) is 12.1 Å². The summed E-state index contributed by atoms with van der Waals surface area (Å²) in [6, 6.07) is 29.5. The number of aliphatic hydroxyl groups is 1. The molecule has 1 aliphatic heterocycles. The summed E-state index contributed by atoms with van der Waals surface area (Å²) in [7, 11) is 4.39. The van der Waals surface area contributed by atoms with Crippen LogP contribution in [0.25, 0.3) is 22.0 Å². The number of piperidine rings is 1. The predicted octanol–water partition coefficient (Wildman–Crippen LogP) is 6.47. The molecule has 0 spiro atoms. The number of phenols is 1. The van der Waals surface area contributed by atoms with Crippen LogP contribution in [0, 0.1) is 0 Å². The number of aromatic nitrogens is 1. The highest BCUT2D eigenvalue weighted by Gasteiger charge is 2.28. The van der Waals surface area contributed by atoms with Crippen LogP contribution in [0.1, 0.15) is 48.5 Å². The second kappa shape index (κ2) is 16.9. The van der Waals surface area contributed by atoms with Crippen molar-refractivity contribution in [3.63, 3.8) is 0 Å². The Bertz CT molecular complexity index is 2090. The van der Waals surface area contributed by atoms with Crippen molar-refractivity contribution in [2.45, 2.75) is 50.9 Å². The predicted molar refractivity (Wildman–Crippen MR) is 208 cm³/mol. The summed E-state index contributed by atoms with van der Waals surface area (Å²) >= 11 is 0. The van der Waals surface area contributed by atoms with Crippen LogP contribution in [-0.4, -0.2) is 71.5 Å². The minimum atomic E-state index is -0.857. The number of quaternary nitrogens is 1. The van der Waals surface area contributed by atoms with E-state index in [-0.39, 0.29) is 29.9 Å². The third-order valence-electron chi connectivity index (χ3n) is 9.83. The zero-order valence-corrected chi connectivity index (χ0v) is 30.2. The fourth-order valence-electron chi connectivity index (χ4n) is 6.76. The van der Waals surface area contributed by atoms with Gasteiger partial charge in [0.25, 0.3) is 0 Å². The topological polar surface area (TPSA) is 153 Å². The SMILES string of the molecule is C[N+]1(C)CCC(OC(=O)Nc2ccc(CCCC(=O)Nc3ccc(CNC[C@@H](O)c4ccc(O)c5[nH]c(=O)ccc45)cc3)cc2-c2ccccc2)CC1. The molecule has 2 heterocycles. The molecule has 0 aliphatic carbocycles. The van der Waals surface area contributed by atoms with Gasteiger partial charge >= 0.3 is 6.09 Å². The molecule has 6 rings (SSSR count). The number of aromatic amines is 1. The maximum atomic E-state index is 12.9. The summed E-state index contributed by atoms with van der Waals surface area (Å²) in [5.41, 5.74) is 5.89. The molecule has 1 fully saturated rings. The Morgan fingerprint density at radius 3 is 2.40 bits per heavy atom. The number of amides is 2. The number of anilines is 2. The van der Waals surface area contributed by atoms with E-state index in [2.05, 4.69) is 41.1 Å². The summed E-state index contributed by atoms with van der Waals surface area (Å²) in [5, 5.41) is 30.7. The van der Waals surface area contributed by atoms with E-state index in [0.717, 1.165) is 52.7 Å². The third kappa shape index (κ3) is 10.1. The van der Waals surface area contributed by atoms with Crippen molar-refractivity contribution in [3.8, 4) is 16.9 Å². The number of aromatic hydroxyl groups is 1. The molecule has 1 aliphatic rings. The molecule has 0 bridgehead atoms. The Labute approximate surface area is 309 Å². The lowest BCUT2D eigenvalue weighted by molar-refractivity contribution is -0.896. The van der Waals surface area contributed by atoms with Crippen molar-refractivity contribution in [2.24, 2.45) is 0 Å². The number of benzene rings is 4. The number of carbonyl (C=O) groups excluding carboxylic acids is 2. The Hall–Kier alpha value is -5.49. The number of carbonyl (C=O) groups is 2. The summed E-state index contributed by atoms with van der Waals surface area (Å²) in [4.78, 5) is 40.0. The van der Waals surface area contributed by atoms with Gasteiger partial charge in [0.2, 0.25) is 11.5 Å². The molecule has 1 aromatic heterocycles. The number of pyridine rings is 1. The molecule has 276 valence electrons. The minimum absolute atomic E-state index is 0.0519. The number of hydrogen-bond donors (Lipinski definition) is 6. The van der Waals surface area contributed by atoms with Crippen LogP contribution < -0.4 is 21.5 Å². The number of phenolic OH excluding ortho intramolecular Hbond substituents is 1. The Kier molecular flexibility index (Phi) is 11.9. The fraction of sp³-hybridized carbons (Fsp3) is 0.310. The number of aliphatic hydroxyl groups excluding tert-OH is 1. The molecule has 4 aromatic carbocycles. The lowest BCUT2D eigenvalue weighted by Crippen LogP contribution is -2.48. The van der Waals surface area contributed by atoms with Crippen LogP contribution in [0.4, 0.5) is 16.2 Å². The van der Waals surface area contributed by atoms with Crippen molar-refractivity contribution in [1.82, 2.24) is 10.3 Å². The van der Waals surface area contributed by atoms with E-state index < -0.39 is 12.2 Å². The smallest absolute Gasteiger partial charge is 0.411 e. The number of ether oxygens (including phenoxy) is 1. The zero-order chi connectivity index (χ0) is 37.4. The van der Waals surface area contributed by atoms with E-state index in [4.69, 9.17) is 4.74 Å². The van der Waals surface area contributed by atoms with Crippen molar-refractivity contribution < 1.29 is 29.0 Å². The fourth-order valence-corrected chi connectivity index (χ4v) is 6.76. The van der Waals surface area contributed by atoms with Gasteiger partial charge in [0.15, 0.2) is 0 Å². The summed E-state index contributed by atoms with van der Waals surface area (Å²) in [6.07, 6.45) is 2.03. The Morgan fingerprint density at radius 1 is 0.906 bits per heavy atom. The van der Waals surface area contributed by atoms with Gasteiger partial charge in [0, 0.05) is 55.1 Å². The molecule has 0 radical (unpaired) electrons. The molecule has 5 aromatic rings. The lowest BCUT2D eigenvalue weighted by Gasteiger charge is -2.36. The zero-order valence-electron chi connectivity index (χ0n) is 30.2. The second-order valence-corrected chi connectivity index (χ2v) is 14.4. The van der Waals surface area contributed by atoms with E-state index in [1.807, 2.05) is 66.7 Å². The van der Waals surface area contributed by atoms with Gasteiger partial charge in [-0.25, -0.2) is 4.79 Å². The number of rotatable bonds is 13. The molecule has 0 unspecified atom stereocenters. The van der Waals surface area contributed by atoms with Gasteiger partial charge in [0.05, 0.1) is 44.5 Å². The lowest BCUT2D eigenvalue weighted by atomic mass is 9.98. The third-order valence-corrected chi connectivity index (χ3v) is 9.83. The molecule has 2 amide bonds. The first-order valence-corrected chi connectivity index (χ1v) is 18.1. The van der Waals surface area contributed by atoms with Gasteiger partial charge in [-0.2, -0.15) is 0 Å². The molecule has 11 nitrogen and oxygen atoms in total. The standard InChI is InChI=1S/C42H47N5O6/c1-47(2)23-21-32(22-24-47)53-42(52)45-36-18-13-28(25-35(36)30-8-4-3-5-9-30)7-6-10-39(50)44-31-14-11-29(12-15-31)26-43-27-38(49)33-16-19-37(48)41-34(33)17-20-40(51)46-41/h3-5,8-9,11-20,25,32,38,43,49H,6-7,10,21-24,26-27H2,1-2H3,(H3-,44,45,46,48,50,51,52)/p+1/t38-/m1/s1. The minimum Gasteiger partial charge on any atom is -0.506 e. The first-order chi connectivity index (χ1) is 25.5. The van der Waals surface area contributed by atoms with Crippen LogP contribution in [0.3, 0.4) is 0 Å². The Balaban J connectivity index is 0.969. The molecule has 6 N–H and O–H groups in total. The van der Waals surface area contributed by atoms with Crippen molar-refractivity contribution in [1.29, 1.82) is 0 Å². The first-order valence-electron chi connectivity index (χ1n) is 18.1. The summed E-state index contributed by atoms with van der Waals surface area (Å²) in [5.74, 6) is -0.125. The van der Waals surface area contributed by atoms with Gasteiger partial charge in [0.1, 0.15) is 11.9 Å². The number of hydrogen-bond acceptors (Lipinski definition) is 7. The second-order valence-electron chi connectivity index (χ2n) is 14.4. The first kappa shape index (κ1) is 37.3. The van der Waals surface area contributed by atoms with Crippen LogP contribution in [0.15, 0.2) is 102 Å². The highest BCUT2D eigenvalue weighted by atomic mass is 16.6. The molecular weight excluding hydrogens is 670 g/mol. The monoisotopic (exact) mass is 718 g/mol. The number of fused-ring (bicyclic) bond motifs is 1. The quantitative estimate of drug-likeness (QED) is 0.0764. The van der Waals surface area contributed by atoms with Crippen molar-refractivity contribution in [3.05, 3.63) is 124 Å². The average Bonchev–Trinajstić information content (AvgIpc) is 3.14. The number of aryl methyl sites for hydroxylation is 1. The molecule has 53 heavy (non-hydrogen) atoms. The molecule has 1 saturated heterocycles. The van der Waals surface area contributed by atoms with Crippen LogP contribution >= 0.6 is 0 Å². The summed E-state index contributed by atoms with van der Waals surface area (Å²) in [6.45, 7) is 2.71. The van der Waals surface area contributed by atoms with Crippen LogP contribution in [-0.2, 0) is 22.5 Å². The van der Waals surface area contributed by atoms with Gasteiger partial charge in [-0.3, -0.25) is 14.9 Å². The van der Waals surface area contributed by atoms with Crippen molar-refractivity contribution >= 4 is 34.3 Å². The van der Waals surface area contributed by atoms with E-state index >= 15 is 0 Å². The number of nitrogens with zero attached hydrogens (tertiary/aromatic N) is 1. The summed E-state index contributed by atoms with van der Waals surface area (Å²) < 4.78 is 6.73.